The van der Waals surface area contributed by atoms with E-state index in [2.05, 4.69) is 14.7 Å². The first-order chi connectivity index (χ1) is 9.19. The van der Waals surface area contributed by atoms with Crippen LogP contribution in [-0.4, -0.2) is 56.6 Å². The maximum Gasteiger partial charge on any atom is 0.344 e. The molecular formula is C12H18N2O5. The second-order valence-corrected chi connectivity index (χ2v) is 3.58. The third kappa shape index (κ3) is 5.19. The molecule has 0 atom stereocenters. The summed E-state index contributed by atoms with van der Waals surface area (Å²) < 4.78 is 20.1. The van der Waals surface area contributed by atoms with E-state index in [9.17, 15) is 4.79 Å². The zero-order valence-corrected chi connectivity index (χ0v) is 11.3. The number of rotatable bonds is 8. The Bertz CT molecular complexity index is 411. The highest BCUT2D eigenvalue weighted by molar-refractivity contribution is 5.91. The molecule has 0 bridgehead atoms. The normalized spacial score (nSPS) is 10.3. The summed E-state index contributed by atoms with van der Waals surface area (Å²) in [6.07, 6.45) is 1.38. The molecule has 106 valence electrons. The van der Waals surface area contributed by atoms with Crippen molar-refractivity contribution < 1.29 is 23.7 Å². The van der Waals surface area contributed by atoms with Crippen molar-refractivity contribution in [1.29, 1.82) is 0 Å². The van der Waals surface area contributed by atoms with Crippen LogP contribution in [0.5, 0.6) is 5.88 Å². The summed E-state index contributed by atoms with van der Waals surface area (Å²) in [5.41, 5.74) is 0.199. The molecule has 0 unspecified atom stereocenters. The molecule has 7 nitrogen and oxygen atoms in total. The van der Waals surface area contributed by atoms with Gasteiger partial charge in [-0.3, -0.25) is 0 Å². The molecule has 1 heterocycles. The topological polar surface area (TPSA) is 79.8 Å². The summed E-state index contributed by atoms with van der Waals surface area (Å²) in [5, 5.41) is 0. The Kier molecular flexibility index (Phi) is 6.76. The first kappa shape index (κ1) is 15.3. The lowest BCUT2D eigenvalue weighted by atomic mass is 10.3. The van der Waals surface area contributed by atoms with Gasteiger partial charge < -0.3 is 18.9 Å². The van der Waals surface area contributed by atoms with E-state index in [0.29, 0.717) is 25.6 Å². The number of esters is 1. The summed E-state index contributed by atoms with van der Waals surface area (Å²) in [7, 11) is 2.89. The average molecular weight is 270 g/mol. The van der Waals surface area contributed by atoms with Crippen molar-refractivity contribution in [2.75, 3.05) is 40.6 Å². The van der Waals surface area contributed by atoms with Crippen molar-refractivity contribution in [1.82, 2.24) is 9.97 Å². The van der Waals surface area contributed by atoms with Gasteiger partial charge in [0, 0.05) is 13.3 Å². The molecule has 0 aliphatic heterocycles. The molecule has 19 heavy (non-hydrogen) atoms. The van der Waals surface area contributed by atoms with Gasteiger partial charge in [-0.25, -0.2) is 9.78 Å². The van der Waals surface area contributed by atoms with Crippen LogP contribution < -0.4 is 4.74 Å². The molecule has 0 amide bonds. The molecule has 0 saturated carbocycles. The largest absolute Gasteiger partial charge is 0.475 e. The Morgan fingerprint density at radius 2 is 1.95 bits per heavy atom. The van der Waals surface area contributed by atoms with Crippen LogP contribution in [0.1, 0.15) is 16.2 Å². The maximum absolute atomic E-state index is 11.5. The minimum Gasteiger partial charge on any atom is -0.475 e. The van der Waals surface area contributed by atoms with Crippen molar-refractivity contribution in [3.05, 3.63) is 17.6 Å². The van der Waals surface area contributed by atoms with Crippen LogP contribution >= 0.6 is 0 Å². The van der Waals surface area contributed by atoms with Gasteiger partial charge in [-0.2, -0.15) is 4.98 Å². The van der Waals surface area contributed by atoms with Crippen LogP contribution in [0, 0.1) is 6.92 Å². The van der Waals surface area contributed by atoms with Crippen molar-refractivity contribution in [3.63, 3.8) is 0 Å². The predicted molar refractivity (Wildman–Crippen MR) is 66.3 cm³/mol. The van der Waals surface area contributed by atoms with Gasteiger partial charge in [0.15, 0.2) is 0 Å². The lowest BCUT2D eigenvalue weighted by Gasteiger charge is -2.09. The number of carbonyl (C=O) groups is 1. The third-order valence-corrected chi connectivity index (χ3v) is 2.18. The number of hydrogen-bond donors (Lipinski definition) is 0. The Hall–Kier alpha value is -1.73. The molecule has 0 aliphatic rings. The minimum atomic E-state index is -0.532. The molecule has 0 aliphatic carbocycles. The predicted octanol–water partition coefficient (Wildman–Crippen LogP) is 0.613. The van der Waals surface area contributed by atoms with Gasteiger partial charge in [-0.15, -0.1) is 0 Å². The van der Waals surface area contributed by atoms with Crippen molar-refractivity contribution in [2.45, 2.75) is 6.92 Å². The Balaban J connectivity index is 2.51. The fourth-order valence-electron chi connectivity index (χ4n) is 1.25. The molecule has 1 rings (SSSR count). The highest BCUT2D eigenvalue weighted by atomic mass is 16.5. The Morgan fingerprint density at radius 3 is 2.63 bits per heavy atom. The number of aromatic nitrogens is 2. The summed E-state index contributed by atoms with van der Waals surface area (Å²) in [6, 6.07) is 0. The van der Waals surface area contributed by atoms with Gasteiger partial charge in [-0.05, 0) is 6.92 Å². The number of nitrogens with zero attached hydrogens (tertiary/aromatic N) is 2. The van der Waals surface area contributed by atoms with Gasteiger partial charge in [0.05, 0.1) is 26.9 Å². The summed E-state index contributed by atoms with van der Waals surface area (Å²) >= 11 is 0. The number of hydrogen-bond acceptors (Lipinski definition) is 7. The van der Waals surface area contributed by atoms with E-state index >= 15 is 0 Å². The molecule has 0 saturated heterocycles. The van der Waals surface area contributed by atoms with Gasteiger partial charge in [0.25, 0.3) is 0 Å². The van der Waals surface area contributed by atoms with Crippen molar-refractivity contribution >= 4 is 5.97 Å². The highest BCUT2D eigenvalue weighted by Crippen LogP contribution is 2.15. The Morgan fingerprint density at radius 1 is 1.21 bits per heavy atom. The zero-order valence-electron chi connectivity index (χ0n) is 11.3. The van der Waals surface area contributed by atoms with Gasteiger partial charge >= 0.3 is 5.97 Å². The van der Waals surface area contributed by atoms with Gasteiger partial charge in [0.2, 0.25) is 5.88 Å². The van der Waals surface area contributed by atoms with Crippen LogP contribution in [0.15, 0.2) is 6.20 Å². The lowest BCUT2D eigenvalue weighted by Crippen LogP contribution is -2.14. The van der Waals surface area contributed by atoms with Gasteiger partial charge in [0.1, 0.15) is 18.0 Å². The zero-order chi connectivity index (χ0) is 14.1. The molecule has 0 N–H and O–H groups in total. The summed E-state index contributed by atoms with van der Waals surface area (Å²) in [6.45, 7) is 3.40. The lowest BCUT2D eigenvalue weighted by molar-refractivity contribution is 0.0514. The first-order valence-corrected chi connectivity index (χ1v) is 5.80. The van der Waals surface area contributed by atoms with Crippen LogP contribution in [0.25, 0.3) is 0 Å². The smallest absolute Gasteiger partial charge is 0.344 e. The molecule has 1 aromatic rings. The van der Waals surface area contributed by atoms with E-state index in [-0.39, 0.29) is 18.1 Å². The van der Waals surface area contributed by atoms with E-state index in [1.165, 1.54) is 13.3 Å². The number of ether oxygens (including phenoxy) is 4. The van der Waals surface area contributed by atoms with E-state index < -0.39 is 5.97 Å². The monoisotopic (exact) mass is 270 g/mol. The first-order valence-electron chi connectivity index (χ1n) is 5.80. The number of aryl methyl sites for hydroxylation is 1. The number of carbonyl (C=O) groups excluding carboxylic acids is 1. The van der Waals surface area contributed by atoms with E-state index in [0.717, 1.165) is 0 Å². The van der Waals surface area contributed by atoms with Crippen LogP contribution in [0.4, 0.5) is 0 Å². The maximum atomic E-state index is 11.5. The molecule has 1 aromatic heterocycles. The van der Waals surface area contributed by atoms with Crippen LogP contribution in [-0.2, 0) is 14.2 Å². The SMILES string of the molecule is COCCOCCOc1nc(C)ncc1C(=O)OC. The van der Waals surface area contributed by atoms with E-state index in [1.54, 1.807) is 14.0 Å². The molecule has 0 fully saturated rings. The molecule has 7 heteroatoms. The van der Waals surface area contributed by atoms with Gasteiger partial charge in [-0.1, -0.05) is 0 Å². The average Bonchev–Trinajstić information content (AvgIpc) is 2.42. The highest BCUT2D eigenvalue weighted by Gasteiger charge is 2.15. The summed E-state index contributed by atoms with van der Waals surface area (Å²) in [4.78, 5) is 19.5. The Labute approximate surface area is 111 Å². The van der Waals surface area contributed by atoms with Crippen LogP contribution in [0.2, 0.25) is 0 Å². The molecule has 0 radical (unpaired) electrons. The minimum absolute atomic E-state index is 0.199. The van der Waals surface area contributed by atoms with E-state index in [1.807, 2.05) is 0 Å². The van der Waals surface area contributed by atoms with E-state index in [4.69, 9.17) is 14.2 Å². The van der Waals surface area contributed by atoms with Crippen LogP contribution in [0.3, 0.4) is 0 Å². The second kappa shape index (κ2) is 8.39. The standard InChI is InChI=1S/C12H18N2O5/c1-9-13-8-10(12(15)17-3)11(14-9)19-7-6-18-5-4-16-2/h8H,4-7H2,1-3H3. The number of methoxy groups -OCH3 is 2. The third-order valence-electron chi connectivity index (χ3n) is 2.18. The second-order valence-electron chi connectivity index (χ2n) is 3.58. The summed E-state index contributed by atoms with van der Waals surface area (Å²) in [5.74, 6) is 0.188. The molecule has 0 spiro atoms. The molecule has 0 aromatic carbocycles. The molecular weight excluding hydrogens is 252 g/mol. The fraction of sp³-hybridized carbons (Fsp3) is 0.583. The fourth-order valence-corrected chi connectivity index (χ4v) is 1.25. The van der Waals surface area contributed by atoms with Crippen molar-refractivity contribution in [3.8, 4) is 5.88 Å². The quantitative estimate of drug-likeness (QED) is 0.506. The van der Waals surface area contributed by atoms with Crippen molar-refractivity contribution in [2.24, 2.45) is 0 Å².